The third-order valence-electron chi connectivity index (χ3n) is 4.41. The summed E-state index contributed by atoms with van der Waals surface area (Å²) in [5.74, 6) is 0.346. The zero-order valence-electron chi connectivity index (χ0n) is 15.7. The zero-order valence-corrected chi connectivity index (χ0v) is 16.5. The smallest absolute Gasteiger partial charge is 0.217 e. The number of aromatic nitrogens is 3. The van der Waals surface area contributed by atoms with E-state index in [-0.39, 0.29) is 9.92 Å². The lowest BCUT2D eigenvalue weighted by Gasteiger charge is -2.08. The van der Waals surface area contributed by atoms with Crippen molar-refractivity contribution in [1.82, 2.24) is 15.0 Å². The van der Waals surface area contributed by atoms with Gasteiger partial charge in [-0.05, 0) is 67.6 Å². The minimum Gasteiger partial charge on any atom is -0.217 e. The molecule has 0 aliphatic carbocycles. The number of aryl methyl sites for hydroxylation is 2. The Hall–Kier alpha value is -2.47. The van der Waals surface area contributed by atoms with Crippen LogP contribution in [-0.4, -0.2) is 23.4 Å². The molecule has 0 N–H and O–H groups in total. The van der Waals surface area contributed by atoms with Crippen molar-refractivity contribution in [3.05, 3.63) is 64.8 Å². The molecule has 6 heteroatoms. The maximum Gasteiger partial charge on any atom is 0.227 e. The molecule has 3 rings (SSSR count). The quantitative estimate of drug-likeness (QED) is 0.693. The Balaban J connectivity index is 2.05. The van der Waals surface area contributed by atoms with Crippen molar-refractivity contribution in [3.8, 4) is 5.69 Å². The number of sulfone groups is 1. The summed E-state index contributed by atoms with van der Waals surface area (Å²) in [6.45, 7) is 9.87. The molecule has 0 aliphatic rings. The first-order chi connectivity index (χ1) is 12.2. The Morgan fingerprint density at radius 3 is 2.04 bits per heavy atom. The summed E-state index contributed by atoms with van der Waals surface area (Å²) in [5, 5.41) is 8.07. The van der Waals surface area contributed by atoms with Crippen LogP contribution in [0.25, 0.3) is 5.69 Å². The third-order valence-corrected chi connectivity index (χ3v) is 6.19. The van der Waals surface area contributed by atoms with Gasteiger partial charge in [-0.1, -0.05) is 37.3 Å². The molecule has 5 nitrogen and oxygen atoms in total. The Bertz CT molecular complexity index is 1030. The largest absolute Gasteiger partial charge is 0.227 e. The van der Waals surface area contributed by atoms with Crippen LogP contribution in [0.2, 0.25) is 0 Å². The average Bonchev–Trinajstić information content (AvgIpc) is 2.96. The fourth-order valence-corrected chi connectivity index (χ4v) is 4.36. The van der Waals surface area contributed by atoms with E-state index in [1.165, 1.54) is 0 Å². The maximum atomic E-state index is 13.0. The molecule has 3 aromatic rings. The fraction of sp³-hybridized carbons (Fsp3) is 0.300. The van der Waals surface area contributed by atoms with Gasteiger partial charge in [0.15, 0.2) is 0 Å². The second-order valence-electron chi connectivity index (χ2n) is 6.96. The monoisotopic (exact) mass is 369 g/mol. The highest BCUT2D eigenvalue weighted by Gasteiger charge is 2.26. The van der Waals surface area contributed by atoms with E-state index in [0.29, 0.717) is 11.6 Å². The van der Waals surface area contributed by atoms with Gasteiger partial charge in [-0.3, -0.25) is 0 Å². The van der Waals surface area contributed by atoms with E-state index in [0.717, 1.165) is 22.4 Å². The molecule has 0 bridgehead atoms. The van der Waals surface area contributed by atoms with E-state index in [9.17, 15) is 8.42 Å². The van der Waals surface area contributed by atoms with Gasteiger partial charge < -0.3 is 0 Å². The molecule has 0 amide bonds. The van der Waals surface area contributed by atoms with Gasteiger partial charge in [-0.15, -0.1) is 5.10 Å². The molecule has 0 atom stereocenters. The summed E-state index contributed by atoms with van der Waals surface area (Å²) in [6, 6.07) is 13.0. The number of rotatable bonds is 4. The van der Waals surface area contributed by atoms with Crippen LogP contribution in [-0.2, 0) is 9.84 Å². The van der Waals surface area contributed by atoms with Crippen LogP contribution in [0.1, 0.15) is 42.1 Å². The van der Waals surface area contributed by atoms with Gasteiger partial charge >= 0.3 is 0 Å². The molecule has 26 heavy (non-hydrogen) atoms. The van der Waals surface area contributed by atoms with Crippen molar-refractivity contribution in [1.29, 1.82) is 0 Å². The van der Waals surface area contributed by atoms with Crippen LogP contribution in [0.4, 0.5) is 0 Å². The SMILES string of the molecule is Cc1cc(C)cc(-n2nnc(S(=O)(=O)c3ccc(C(C)C)cc3)c2C)c1. The van der Waals surface area contributed by atoms with Crippen molar-refractivity contribution >= 4 is 9.84 Å². The lowest BCUT2D eigenvalue weighted by Crippen LogP contribution is -2.06. The number of hydrogen-bond acceptors (Lipinski definition) is 4. The Morgan fingerprint density at radius 2 is 1.50 bits per heavy atom. The Labute approximate surface area is 154 Å². The van der Waals surface area contributed by atoms with Crippen LogP contribution in [0.15, 0.2) is 52.4 Å². The topological polar surface area (TPSA) is 64.8 Å². The second kappa shape index (κ2) is 6.68. The van der Waals surface area contributed by atoms with Crippen molar-refractivity contribution < 1.29 is 8.42 Å². The van der Waals surface area contributed by atoms with Gasteiger partial charge in [0.25, 0.3) is 0 Å². The van der Waals surface area contributed by atoms with E-state index in [4.69, 9.17) is 0 Å². The van der Waals surface area contributed by atoms with E-state index in [1.54, 1.807) is 23.7 Å². The average molecular weight is 369 g/mol. The van der Waals surface area contributed by atoms with Gasteiger partial charge in [0.2, 0.25) is 14.9 Å². The molecule has 0 unspecified atom stereocenters. The molecule has 0 radical (unpaired) electrons. The van der Waals surface area contributed by atoms with Crippen LogP contribution in [0.3, 0.4) is 0 Å². The van der Waals surface area contributed by atoms with Gasteiger partial charge in [0.05, 0.1) is 16.3 Å². The van der Waals surface area contributed by atoms with E-state index >= 15 is 0 Å². The number of benzene rings is 2. The normalized spacial score (nSPS) is 11.9. The molecular weight excluding hydrogens is 346 g/mol. The predicted octanol–water partition coefficient (Wildman–Crippen LogP) is 4.15. The lowest BCUT2D eigenvalue weighted by molar-refractivity contribution is 0.591. The fourth-order valence-electron chi connectivity index (χ4n) is 3.03. The molecule has 2 aromatic carbocycles. The van der Waals surface area contributed by atoms with Crippen LogP contribution < -0.4 is 0 Å². The van der Waals surface area contributed by atoms with Crippen molar-refractivity contribution in [2.75, 3.05) is 0 Å². The Morgan fingerprint density at radius 1 is 0.923 bits per heavy atom. The standard InChI is InChI=1S/C20H23N3O2S/c1-13(2)17-6-8-19(9-7-17)26(24,25)20-16(5)23(22-21-20)18-11-14(3)10-15(4)12-18/h6-13H,1-5H3. The predicted molar refractivity (Wildman–Crippen MR) is 102 cm³/mol. The third kappa shape index (κ3) is 3.29. The van der Waals surface area contributed by atoms with Crippen molar-refractivity contribution in [2.24, 2.45) is 0 Å². The summed E-state index contributed by atoms with van der Waals surface area (Å²) >= 11 is 0. The highest BCUT2D eigenvalue weighted by atomic mass is 32.2. The number of nitrogens with zero attached hydrogens (tertiary/aromatic N) is 3. The first-order valence-electron chi connectivity index (χ1n) is 8.56. The number of hydrogen-bond donors (Lipinski definition) is 0. The molecule has 136 valence electrons. The summed E-state index contributed by atoms with van der Waals surface area (Å²) < 4.78 is 27.6. The van der Waals surface area contributed by atoms with E-state index < -0.39 is 9.84 Å². The molecule has 1 heterocycles. The molecule has 0 saturated carbocycles. The minimum atomic E-state index is -3.71. The van der Waals surface area contributed by atoms with E-state index in [2.05, 4.69) is 30.2 Å². The minimum absolute atomic E-state index is 0.00560. The summed E-state index contributed by atoms with van der Waals surface area (Å²) in [7, 11) is -3.71. The first-order valence-corrected chi connectivity index (χ1v) is 10.0. The highest BCUT2D eigenvalue weighted by molar-refractivity contribution is 7.91. The zero-order chi connectivity index (χ0) is 19.1. The molecule has 0 spiro atoms. The maximum absolute atomic E-state index is 13.0. The summed E-state index contributed by atoms with van der Waals surface area (Å²) in [6.07, 6.45) is 0. The molecule has 1 aromatic heterocycles. The van der Waals surface area contributed by atoms with Crippen LogP contribution in [0, 0.1) is 20.8 Å². The van der Waals surface area contributed by atoms with Crippen molar-refractivity contribution in [3.63, 3.8) is 0 Å². The van der Waals surface area contributed by atoms with E-state index in [1.807, 2.05) is 38.1 Å². The molecular formula is C20H23N3O2S. The summed E-state index contributed by atoms with van der Waals surface area (Å²) in [4.78, 5) is 0.234. The van der Waals surface area contributed by atoms with Gasteiger partial charge in [-0.2, -0.15) is 0 Å². The molecule has 0 fully saturated rings. The first kappa shape index (κ1) is 18.3. The van der Waals surface area contributed by atoms with Gasteiger partial charge in [0.1, 0.15) is 0 Å². The van der Waals surface area contributed by atoms with Crippen LogP contribution >= 0.6 is 0 Å². The summed E-state index contributed by atoms with van der Waals surface area (Å²) in [5.41, 5.74) is 4.58. The van der Waals surface area contributed by atoms with Gasteiger partial charge in [0, 0.05) is 0 Å². The molecule has 0 aliphatic heterocycles. The van der Waals surface area contributed by atoms with Crippen molar-refractivity contribution in [2.45, 2.75) is 50.5 Å². The lowest BCUT2D eigenvalue weighted by atomic mass is 10.0. The molecule has 0 saturated heterocycles. The second-order valence-corrected chi connectivity index (χ2v) is 8.83. The van der Waals surface area contributed by atoms with Crippen LogP contribution in [0.5, 0.6) is 0 Å². The Kier molecular flexibility index (Phi) is 4.71. The highest BCUT2D eigenvalue weighted by Crippen LogP contribution is 2.25. The van der Waals surface area contributed by atoms with Gasteiger partial charge in [-0.25, -0.2) is 13.1 Å².